The van der Waals surface area contributed by atoms with Crippen LogP contribution >= 0.6 is 11.6 Å². The van der Waals surface area contributed by atoms with Gasteiger partial charge in [-0.15, -0.1) is 0 Å². The van der Waals surface area contributed by atoms with E-state index in [2.05, 4.69) is 47.4 Å². The lowest BCUT2D eigenvalue weighted by Crippen LogP contribution is -2.30. The van der Waals surface area contributed by atoms with Crippen molar-refractivity contribution in [1.29, 1.82) is 0 Å². The molecule has 86 valence electrons. The number of hydrogen-bond donors (Lipinski definition) is 0. The largest absolute Gasteiger partial charge is 0.367 e. The average molecular weight is 244 g/mol. The van der Waals surface area contributed by atoms with Gasteiger partial charge in [-0.2, -0.15) is 0 Å². The molecule has 0 radical (unpaired) electrons. The number of nitrogens with zero attached hydrogens (tertiary/aromatic N) is 1. The molecule has 0 saturated heterocycles. The molecule has 1 nitrogen and oxygen atoms in total. The van der Waals surface area contributed by atoms with Crippen LogP contribution in [-0.4, -0.2) is 6.54 Å². The topological polar surface area (TPSA) is 3.24 Å². The zero-order valence-electron chi connectivity index (χ0n) is 9.57. The van der Waals surface area contributed by atoms with Gasteiger partial charge in [0.15, 0.2) is 0 Å². The van der Waals surface area contributed by atoms with E-state index in [1.807, 2.05) is 6.07 Å². The number of hydrogen-bond acceptors (Lipinski definition) is 1. The maximum atomic E-state index is 6.02. The van der Waals surface area contributed by atoms with Gasteiger partial charge >= 0.3 is 0 Å². The molecule has 0 fully saturated rings. The quantitative estimate of drug-likeness (QED) is 0.734. The molecular formula is C15H14ClN. The van der Waals surface area contributed by atoms with E-state index in [1.165, 1.54) is 16.8 Å². The molecule has 0 unspecified atom stereocenters. The lowest BCUT2D eigenvalue weighted by molar-refractivity contribution is 0.732. The molecule has 2 aromatic carbocycles. The predicted molar refractivity (Wildman–Crippen MR) is 72.6 cm³/mol. The molecule has 1 aliphatic heterocycles. The zero-order valence-corrected chi connectivity index (χ0v) is 10.3. The molecule has 0 N–H and O–H groups in total. The van der Waals surface area contributed by atoms with Gasteiger partial charge in [0.25, 0.3) is 0 Å². The molecular weight excluding hydrogens is 230 g/mol. The molecule has 2 heteroatoms. The van der Waals surface area contributed by atoms with Gasteiger partial charge in [0, 0.05) is 23.8 Å². The minimum Gasteiger partial charge on any atom is -0.367 e. The number of para-hydroxylation sites is 1. The molecule has 0 aromatic heterocycles. The van der Waals surface area contributed by atoms with Crippen LogP contribution in [0.25, 0.3) is 0 Å². The van der Waals surface area contributed by atoms with Gasteiger partial charge in [-0.1, -0.05) is 35.9 Å². The van der Waals surface area contributed by atoms with E-state index in [-0.39, 0.29) is 0 Å². The lowest BCUT2D eigenvalue weighted by Gasteiger charge is -2.30. The highest BCUT2D eigenvalue weighted by atomic mass is 35.5. The van der Waals surface area contributed by atoms with Gasteiger partial charge in [0.05, 0.1) is 0 Å². The van der Waals surface area contributed by atoms with Gasteiger partial charge in [-0.05, 0) is 41.8 Å². The normalized spacial score (nSPS) is 14.5. The van der Waals surface area contributed by atoms with Crippen molar-refractivity contribution < 1.29 is 0 Å². The SMILES string of the molecule is Clc1ccc2c(c1)CCN(c1ccccc1)C2. The standard InChI is InChI=1S/C15H14ClN/c16-14-7-6-13-11-17(9-8-12(13)10-14)15-4-2-1-3-5-15/h1-7,10H,8-9,11H2. The average Bonchev–Trinajstić information content (AvgIpc) is 2.39. The Morgan fingerprint density at radius 1 is 0.941 bits per heavy atom. The summed E-state index contributed by atoms with van der Waals surface area (Å²) in [6.07, 6.45) is 1.07. The first-order chi connectivity index (χ1) is 8.33. The molecule has 0 amide bonds. The van der Waals surface area contributed by atoms with Crippen LogP contribution in [0.5, 0.6) is 0 Å². The smallest absolute Gasteiger partial charge is 0.0432 e. The second kappa shape index (κ2) is 4.42. The van der Waals surface area contributed by atoms with E-state index in [0.717, 1.165) is 24.5 Å². The Morgan fingerprint density at radius 3 is 2.59 bits per heavy atom. The Bertz CT molecular complexity index is 522. The van der Waals surface area contributed by atoms with Gasteiger partial charge in [0.1, 0.15) is 0 Å². The van der Waals surface area contributed by atoms with Crippen LogP contribution in [0.2, 0.25) is 5.02 Å². The first-order valence-corrected chi connectivity index (χ1v) is 6.28. The number of benzene rings is 2. The number of anilines is 1. The molecule has 0 saturated carbocycles. The third-order valence-corrected chi connectivity index (χ3v) is 3.54. The highest BCUT2D eigenvalue weighted by Gasteiger charge is 2.16. The van der Waals surface area contributed by atoms with Crippen molar-refractivity contribution in [3.05, 3.63) is 64.7 Å². The maximum absolute atomic E-state index is 6.02. The maximum Gasteiger partial charge on any atom is 0.0432 e. The number of rotatable bonds is 1. The summed E-state index contributed by atoms with van der Waals surface area (Å²) in [5.74, 6) is 0. The summed E-state index contributed by atoms with van der Waals surface area (Å²) in [5.41, 5.74) is 4.09. The van der Waals surface area contributed by atoms with Crippen LogP contribution < -0.4 is 4.90 Å². The predicted octanol–water partition coefficient (Wildman–Crippen LogP) is 3.90. The van der Waals surface area contributed by atoms with Crippen LogP contribution in [-0.2, 0) is 13.0 Å². The molecule has 0 aliphatic carbocycles. The third-order valence-electron chi connectivity index (χ3n) is 3.30. The van der Waals surface area contributed by atoms with Crippen molar-refractivity contribution in [2.45, 2.75) is 13.0 Å². The minimum absolute atomic E-state index is 0.844. The van der Waals surface area contributed by atoms with Crippen LogP contribution in [0, 0.1) is 0 Å². The van der Waals surface area contributed by atoms with Crippen molar-refractivity contribution in [3.63, 3.8) is 0 Å². The van der Waals surface area contributed by atoms with E-state index in [9.17, 15) is 0 Å². The molecule has 17 heavy (non-hydrogen) atoms. The first-order valence-electron chi connectivity index (χ1n) is 5.90. The Morgan fingerprint density at radius 2 is 1.76 bits per heavy atom. The Labute approximate surface area is 107 Å². The van der Waals surface area contributed by atoms with Crippen LogP contribution in [0.1, 0.15) is 11.1 Å². The molecule has 0 bridgehead atoms. The summed E-state index contributed by atoms with van der Waals surface area (Å²) in [5, 5.41) is 0.844. The second-order valence-electron chi connectivity index (χ2n) is 4.42. The van der Waals surface area contributed by atoms with Crippen molar-refractivity contribution in [1.82, 2.24) is 0 Å². The zero-order chi connectivity index (χ0) is 11.7. The molecule has 3 rings (SSSR count). The summed E-state index contributed by atoms with van der Waals surface area (Å²) >= 11 is 6.02. The molecule has 0 atom stereocenters. The summed E-state index contributed by atoms with van der Waals surface area (Å²) in [6.45, 7) is 2.05. The van der Waals surface area contributed by atoms with E-state index < -0.39 is 0 Å². The van der Waals surface area contributed by atoms with E-state index in [1.54, 1.807) is 0 Å². The highest BCUT2D eigenvalue weighted by Crippen LogP contribution is 2.26. The van der Waals surface area contributed by atoms with Gasteiger partial charge in [0.2, 0.25) is 0 Å². The Hall–Kier alpha value is -1.47. The number of halogens is 1. The number of fused-ring (bicyclic) bond motifs is 1. The van der Waals surface area contributed by atoms with Gasteiger partial charge < -0.3 is 4.90 Å². The third kappa shape index (κ3) is 2.16. The van der Waals surface area contributed by atoms with E-state index >= 15 is 0 Å². The van der Waals surface area contributed by atoms with Gasteiger partial charge in [-0.25, -0.2) is 0 Å². The monoisotopic (exact) mass is 243 g/mol. The minimum atomic E-state index is 0.844. The second-order valence-corrected chi connectivity index (χ2v) is 4.86. The Kier molecular flexibility index (Phi) is 2.77. The summed E-state index contributed by atoms with van der Waals surface area (Å²) in [4.78, 5) is 2.41. The van der Waals surface area contributed by atoms with Crippen LogP contribution in [0.4, 0.5) is 5.69 Å². The molecule has 1 aliphatic rings. The van der Waals surface area contributed by atoms with Crippen molar-refractivity contribution in [3.8, 4) is 0 Å². The fourth-order valence-corrected chi connectivity index (χ4v) is 2.58. The van der Waals surface area contributed by atoms with Crippen molar-refractivity contribution in [2.75, 3.05) is 11.4 Å². The van der Waals surface area contributed by atoms with Gasteiger partial charge in [-0.3, -0.25) is 0 Å². The fourth-order valence-electron chi connectivity index (χ4n) is 2.38. The van der Waals surface area contributed by atoms with E-state index in [0.29, 0.717) is 0 Å². The van der Waals surface area contributed by atoms with E-state index in [4.69, 9.17) is 11.6 Å². The van der Waals surface area contributed by atoms with Crippen LogP contribution in [0.15, 0.2) is 48.5 Å². The molecule has 1 heterocycles. The highest BCUT2D eigenvalue weighted by molar-refractivity contribution is 6.30. The summed E-state index contributed by atoms with van der Waals surface area (Å²) in [6, 6.07) is 16.8. The van der Waals surface area contributed by atoms with Crippen LogP contribution in [0.3, 0.4) is 0 Å². The van der Waals surface area contributed by atoms with Crippen molar-refractivity contribution >= 4 is 17.3 Å². The summed E-state index contributed by atoms with van der Waals surface area (Å²) in [7, 11) is 0. The first kappa shape index (κ1) is 10.7. The summed E-state index contributed by atoms with van der Waals surface area (Å²) < 4.78 is 0. The molecule has 2 aromatic rings. The lowest BCUT2D eigenvalue weighted by atomic mass is 9.99. The van der Waals surface area contributed by atoms with Crippen molar-refractivity contribution in [2.24, 2.45) is 0 Å². The molecule has 0 spiro atoms. The Balaban J connectivity index is 1.88. The fraction of sp³-hybridized carbons (Fsp3) is 0.200.